The summed E-state index contributed by atoms with van der Waals surface area (Å²) in [5, 5.41) is 9.43. The fourth-order valence-corrected chi connectivity index (χ4v) is 3.81. The lowest BCUT2D eigenvalue weighted by molar-refractivity contribution is 0.0696. The summed E-state index contributed by atoms with van der Waals surface area (Å²) in [7, 11) is -0.0145. The van der Waals surface area contributed by atoms with Crippen molar-refractivity contribution in [1.82, 2.24) is 0 Å². The number of anilines is 1. The van der Waals surface area contributed by atoms with E-state index in [-0.39, 0.29) is 32.1 Å². The van der Waals surface area contributed by atoms with Gasteiger partial charge in [0.15, 0.2) is 11.5 Å². The second-order valence-electron chi connectivity index (χ2n) is 4.93. The maximum absolute atomic E-state index is 12.8. The van der Waals surface area contributed by atoms with Crippen molar-refractivity contribution in [2.24, 2.45) is 0 Å². The van der Waals surface area contributed by atoms with E-state index in [1.807, 2.05) is 0 Å². The molecule has 2 aromatic rings. The Labute approximate surface area is 158 Å². The molecule has 2 aromatic carbocycles. The number of carbonyl (C=O) groups is 1. The minimum Gasteiger partial charge on any atom is -0.495 e. The molecule has 0 saturated heterocycles. The second-order valence-corrected chi connectivity index (χ2v) is 7.46. The highest BCUT2D eigenvalue weighted by Crippen LogP contribution is 2.36. The van der Waals surface area contributed by atoms with E-state index >= 15 is 0 Å². The number of carboxylic acids is 1. The molecule has 0 aliphatic rings. The van der Waals surface area contributed by atoms with Gasteiger partial charge in [-0.1, -0.05) is 0 Å². The first-order valence-electron chi connectivity index (χ1n) is 7.09. The van der Waals surface area contributed by atoms with Gasteiger partial charge in [-0.25, -0.2) is 13.2 Å². The number of hydrogen-bond acceptors (Lipinski definition) is 6. The van der Waals surface area contributed by atoms with E-state index in [0.29, 0.717) is 5.75 Å². The molecule has 0 bridgehead atoms. The van der Waals surface area contributed by atoms with Gasteiger partial charge in [-0.2, -0.15) is 0 Å². The van der Waals surface area contributed by atoms with Gasteiger partial charge in [0, 0.05) is 10.5 Å². The molecule has 10 heteroatoms. The summed E-state index contributed by atoms with van der Waals surface area (Å²) in [6.45, 7) is 0. The van der Waals surface area contributed by atoms with Gasteiger partial charge in [0.25, 0.3) is 10.0 Å². The van der Waals surface area contributed by atoms with E-state index in [4.69, 9.17) is 14.2 Å². The van der Waals surface area contributed by atoms with Crippen LogP contribution in [0, 0.1) is 0 Å². The number of nitrogens with one attached hydrogen (secondary N) is 1. The first-order chi connectivity index (χ1) is 12.2. The highest BCUT2D eigenvalue weighted by Gasteiger charge is 2.25. The van der Waals surface area contributed by atoms with Crippen molar-refractivity contribution in [3.05, 3.63) is 40.4 Å². The van der Waals surface area contributed by atoms with Gasteiger partial charge in [0.1, 0.15) is 17.0 Å². The van der Waals surface area contributed by atoms with Gasteiger partial charge >= 0.3 is 5.97 Å². The summed E-state index contributed by atoms with van der Waals surface area (Å²) in [5.74, 6) is -0.678. The van der Waals surface area contributed by atoms with E-state index in [0.717, 1.165) is 0 Å². The number of methoxy groups -OCH3 is 3. The van der Waals surface area contributed by atoms with Gasteiger partial charge in [0.05, 0.1) is 26.2 Å². The molecule has 0 aromatic heterocycles. The number of aromatic carboxylic acids is 1. The fraction of sp³-hybridized carbons (Fsp3) is 0.188. The summed E-state index contributed by atoms with van der Waals surface area (Å²) < 4.78 is 43.3. The van der Waals surface area contributed by atoms with E-state index in [1.165, 1.54) is 51.7 Å². The van der Waals surface area contributed by atoms with E-state index in [9.17, 15) is 18.3 Å². The number of hydrogen-bond donors (Lipinski definition) is 2. The van der Waals surface area contributed by atoms with Crippen LogP contribution in [0.3, 0.4) is 0 Å². The van der Waals surface area contributed by atoms with E-state index in [1.54, 1.807) is 0 Å². The van der Waals surface area contributed by atoms with Crippen molar-refractivity contribution < 1.29 is 32.5 Å². The van der Waals surface area contributed by atoms with Gasteiger partial charge in [0.2, 0.25) is 0 Å². The zero-order valence-corrected chi connectivity index (χ0v) is 16.5. The lowest BCUT2D eigenvalue weighted by atomic mass is 10.1. The maximum atomic E-state index is 12.8. The summed E-state index contributed by atoms with van der Waals surface area (Å²) in [4.78, 5) is 11.4. The van der Waals surface area contributed by atoms with Crippen molar-refractivity contribution in [3.63, 3.8) is 0 Å². The van der Waals surface area contributed by atoms with Crippen molar-refractivity contribution in [2.45, 2.75) is 4.90 Å². The molecule has 0 fully saturated rings. The molecule has 140 valence electrons. The third-order valence-electron chi connectivity index (χ3n) is 3.45. The molecule has 0 atom stereocenters. The Morgan fingerprint density at radius 2 is 1.58 bits per heavy atom. The zero-order chi connectivity index (χ0) is 19.5. The van der Waals surface area contributed by atoms with Crippen LogP contribution in [0.1, 0.15) is 10.4 Å². The van der Waals surface area contributed by atoms with Crippen LogP contribution in [0.2, 0.25) is 0 Å². The van der Waals surface area contributed by atoms with E-state index in [2.05, 4.69) is 20.7 Å². The van der Waals surface area contributed by atoms with Crippen LogP contribution >= 0.6 is 15.9 Å². The first kappa shape index (κ1) is 19.9. The van der Waals surface area contributed by atoms with Gasteiger partial charge in [-0.3, -0.25) is 4.72 Å². The Balaban J connectivity index is 2.57. The number of benzene rings is 2. The third-order valence-corrected chi connectivity index (χ3v) is 5.46. The Bertz CT molecular complexity index is 944. The van der Waals surface area contributed by atoms with Crippen LogP contribution in [0.4, 0.5) is 5.69 Å². The number of ether oxygens (including phenoxy) is 3. The molecular formula is C16H16BrNO7S. The molecule has 0 spiro atoms. The van der Waals surface area contributed by atoms with Crippen LogP contribution in [-0.4, -0.2) is 40.8 Å². The van der Waals surface area contributed by atoms with Crippen LogP contribution in [0.5, 0.6) is 17.2 Å². The Morgan fingerprint density at radius 3 is 2.12 bits per heavy atom. The van der Waals surface area contributed by atoms with Crippen molar-refractivity contribution in [3.8, 4) is 17.2 Å². The summed E-state index contributed by atoms with van der Waals surface area (Å²) in [6, 6.07) is 6.92. The molecule has 2 N–H and O–H groups in total. The number of halogens is 1. The van der Waals surface area contributed by atoms with Gasteiger partial charge in [-0.15, -0.1) is 0 Å². The highest BCUT2D eigenvalue weighted by atomic mass is 79.9. The first-order valence-corrected chi connectivity index (χ1v) is 9.37. The predicted octanol–water partition coefficient (Wildman–Crippen LogP) is 2.97. The van der Waals surface area contributed by atoms with Crippen molar-refractivity contribution in [1.29, 1.82) is 0 Å². The molecular weight excluding hydrogens is 430 g/mol. The molecule has 8 nitrogen and oxygen atoms in total. The number of rotatable bonds is 7. The number of sulfonamides is 1. The molecule has 0 saturated carbocycles. The fourth-order valence-electron chi connectivity index (χ4n) is 2.22. The van der Waals surface area contributed by atoms with Crippen LogP contribution in [0.25, 0.3) is 0 Å². The quantitative estimate of drug-likeness (QED) is 0.673. The minimum atomic E-state index is -4.13. The average molecular weight is 446 g/mol. The molecule has 2 rings (SSSR count). The average Bonchev–Trinajstić information content (AvgIpc) is 2.60. The minimum absolute atomic E-state index is 0.0645. The van der Waals surface area contributed by atoms with Crippen molar-refractivity contribution >= 4 is 37.6 Å². The van der Waals surface area contributed by atoms with Gasteiger partial charge < -0.3 is 19.3 Å². The maximum Gasteiger partial charge on any atom is 0.339 e. The standard InChI is InChI=1S/C16H16BrNO7S/c1-23-11-6-4-9(8-13(11)25-3)26(21,22)18-15-12(24-2)7-5-10(17)14(15)16(19)20/h4-8,18H,1-3H3,(H,19,20). The largest absolute Gasteiger partial charge is 0.495 e. The van der Waals surface area contributed by atoms with Crippen LogP contribution < -0.4 is 18.9 Å². The monoisotopic (exact) mass is 445 g/mol. The summed E-state index contributed by atoms with van der Waals surface area (Å²) in [6.07, 6.45) is 0. The Kier molecular flexibility index (Phi) is 5.98. The molecule has 0 unspecified atom stereocenters. The molecule has 0 aliphatic heterocycles. The van der Waals surface area contributed by atoms with Crippen LogP contribution in [-0.2, 0) is 10.0 Å². The lowest BCUT2D eigenvalue weighted by Crippen LogP contribution is -2.17. The Morgan fingerprint density at radius 1 is 1.00 bits per heavy atom. The second kappa shape index (κ2) is 7.83. The van der Waals surface area contributed by atoms with E-state index < -0.39 is 16.0 Å². The smallest absolute Gasteiger partial charge is 0.339 e. The Hall–Kier alpha value is -2.46. The topological polar surface area (TPSA) is 111 Å². The lowest BCUT2D eigenvalue weighted by Gasteiger charge is -2.16. The summed E-state index contributed by atoms with van der Waals surface area (Å²) >= 11 is 3.11. The third kappa shape index (κ3) is 3.86. The normalized spacial score (nSPS) is 10.9. The molecule has 0 heterocycles. The molecule has 26 heavy (non-hydrogen) atoms. The van der Waals surface area contributed by atoms with Crippen molar-refractivity contribution in [2.75, 3.05) is 26.1 Å². The SMILES string of the molecule is COc1ccc(S(=O)(=O)Nc2c(OC)ccc(Br)c2C(=O)O)cc1OC. The number of carboxylic acid groups (broad SMARTS) is 1. The molecule has 0 radical (unpaired) electrons. The van der Waals surface area contributed by atoms with Gasteiger partial charge in [-0.05, 0) is 40.2 Å². The van der Waals surface area contributed by atoms with Crippen LogP contribution in [0.15, 0.2) is 39.7 Å². The highest BCUT2D eigenvalue weighted by molar-refractivity contribution is 9.10. The molecule has 0 aliphatic carbocycles. The molecule has 0 amide bonds. The zero-order valence-electron chi connectivity index (χ0n) is 14.1. The summed E-state index contributed by atoms with van der Waals surface area (Å²) in [5.41, 5.74) is -0.461. The predicted molar refractivity (Wildman–Crippen MR) is 98.0 cm³/mol.